The molecule has 1 fully saturated rings. The zero-order valence-electron chi connectivity index (χ0n) is 23.3. The number of anilines is 1. The molecule has 40 heavy (non-hydrogen) atoms. The van der Waals surface area contributed by atoms with Gasteiger partial charge in [0.1, 0.15) is 23.1 Å². The molecule has 1 amide bonds. The average Bonchev–Trinajstić information content (AvgIpc) is 3.39. The lowest BCUT2D eigenvalue weighted by Gasteiger charge is -2.32. The first-order valence-electron chi connectivity index (χ1n) is 13.6. The molecule has 0 bridgehead atoms. The number of aromatic nitrogens is 4. The van der Waals surface area contributed by atoms with Gasteiger partial charge in [-0.15, -0.1) is 0 Å². The molecule has 0 unspecified atom stereocenters. The van der Waals surface area contributed by atoms with E-state index in [-0.39, 0.29) is 23.9 Å². The van der Waals surface area contributed by atoms with Crippen molar-refractivity contribution in [2.24, 2.45) is 0 Å². The summed E-state index contributed by atoms with van der Waals surface area (Å²) in [5, 5.41) is 3.38. The van der Waals surface area contributed by atoms with E-state index in [2.05, 4.69) is 29.4 Å². The SMILES string of the molecule is C[C@H](Nc1nccc(-n2cc(C3CCN(C(=O)OC(C)(C)C)CC3)nc2-c2ccc(F)cc2)n1)c1ccccc1. The van der Waals surface area contributed by atoms with Crippen LogP contribution >= 0.6 is 0 Å². The van der Waals surface area contributed by atoms with Crippen LogP contribution < -0.4 is 5.32 Å². The third kappa shape index (κ3) is 6.47. The maximum absolute atomic E-state index is 13.7. The Morgan fingerprint density at radius 2 is 1.73 bits per heavy atom. The monoisotopic (exact) mass is 542 g/mol. The fourth-order valence-corrected chi connectivity index (χ4v) is 4.83. The number of rotatable bonds is 6. The van der Waals surface area contributed by atoms with Gasteiger partial charge < -0.3 is 15.0 Å². The van der Waals surface area contributed by atoms with Gasteiger partial charge in [-0.3, -0.25) is 4.57 Å². The topological polar surface area (TPSA) is 85.2 Å². The molecular weight excluding hydrogens is 507 g/mol. The third-order valence-electron chi connectivity index (χ3n) is 6.92. The number of imidazole rings is 1. The van der Waals surface area contributed by atoms with E-state index in [0.29, 0.717) is 30.7 Å². The van der Waals surface area contributed by atoms with Crippen molar-refractivity contribution in [1.82, 2.24) is 24.4 Å². The molecular formula is C31H35FN6O2. The minimum absolute atomic E-state index is 0.0153. The summed E-state index contributed by atoms with van der Waals surface area (Å²) in [6, 6.07) is 18.3. The van der Waals surface area contributed by atoms with Gasteiger partial charge in [0.2, 0.25) is 5.95 Å². The highest BCUT2D eigenvalue weighted by molar-refractivity contribution is 5.68. The Bertz CT molecular complexity index is 1440. The minimum atomic E-state index is -0.527. The molecule has 0 aliphatic carbocycles. The number of carbonyl (C=O) groups is 1. The highest BCUT2D eigenvalue weighted by Gasteiger charge is 2.29. The van der Waals surface area contributed by atoms with E-state index in [0.717, 1.165) is 29.7 Å². The first kappa shape index (κ1) is 27.3. The Labute approximate surface area is 234 Å². The Kier molecular flexibility index (Phi) is 7.82. The summed E-state index contributed by atoms with van der Waals surface area (Å²) in [4.78, 5) is 28.5. The second kappa shape index (κ2) is 11.5. The zero-order chi connectivity index (χ0) is 28.3. The van der Waals surface area contributed by atoms with Crippen LogP contribution in [0.1, 0.15) is 63.8 Å². The van der Waals surface area contributed by atoms with Gasteiger partial charge in [0, 0.05) is 37.0 Å². The average molecular weight is 543 g/mol. The minimum Gasteiger partial charge on any atom is -0.444 e. The zero-order valence-corrected chi connectivity index (χ0v) is 23.3. The van der Waals surface area contributed by atoms with Crippen molar-refractivity contribution in [2.75, 3.05) is 18.4 Å². The Hall–Kier alpha value is -4.27. The van der Waals surface area contributed by atoms with Crippen LogP contribution in [0.15, 0.2) is 73.1 Å². The molecule has 2 aromatic heterocycles. The summed E-state index contributed by atoms with van der Waals surface area (Å²) in [5.41, 5.74) is 2.30. The summed E-state index contributed by atoms with van der Waals surface area (Å²) in [6.07, 6.45) is 4.97. The number of hydrogen-bond donors (Lipinski definition) is 1. The van der Waals surface area contributed by atoms with E-state index in [1.807, 2.05) is 55.8 Å². The van der Waals surface area contributed by atoms with Crippen LogP contribution in [0.25, 0.3) is 17.2 Å². The smallest absolute Gasteiger partial charge is 0.410 e. The number of halogens is 1. The van der Waals surface area contributed by atoms with Gasteiger partial charge in [-0.25, -0.2) is 19.2 Å². The van der Waals surface area contributed by atoms with Crippen LogP contribution in [0.5, 0.6) is 0 Å². The van der Waals surface area contributed by atoms with E-state index in [9.17, 15) is 9.18 Å². The number of hydrogen-bond acceptors (Lipinski definition) is 6. The number of amides is 1. The van der Waals surface area contributed by atoms with Crippen LogP contribution in [0.4, 0.5) is 15.1 Å². The quantitative estimate of drug-likeness (QED) is 0.290. The second-order valence-electron chi connectivity index (χ2n) is 11.1. The van der Waals surface area contributed by atoms with Gasteiger partial charge >= 0.3 is 6.09 Å². The summed E-state index contributed by atoms with van der Waals surface area (Å²) < 4.78 is 21.2. The summed E-state index contributed by atoms with van der Waals surface area (Å²) >= 11 is 0. The molecule has 208 valence electrons. The van der Waals surface area contributed by atoms with Gasteiger partial charge in [-0.05, 0) is 76.4 Å². The molecule has 0 saturated carbocycles. The molecule has 9 heteroatoms. The lowest BCUT2D eigenvalue weighted by Crippen LogP contribution is -2.41. The third-order valence-corrected chi connectivity index (χ3v) is 6.92. The number of carbonyl (C=O) groups excluding carboxylic acids is 1. The highest BCUT2D eigenvalue weighted by Crippen LogP contribution is 2.32. The molecule has 5 rings (SSSR count). The maximum atomic E-state index is 13.7. The van der Waals surface area contributed by atoms with Crippen LogP contribution in [-0.4, -0.2) is 49.2 Å². The van der Waals surface area contributed by atoms with Gasteiger partial charge in [-0.1, -0.05) is 30.3 Å². The van der Waals surface area contributed by atoms with Crippen molar-refractivity contribution in [3.05, 3.63) is 90.1 Å². The van der Waals surface area contributed by atoms with E-state index in [4.69, 9.17) is 14.7 Å². The van der Waals surface area contributed by atoms with Gasteiger partial charge in [0.05, 0.1) is 11.7 Å². The molecule has 1 atom stereocenters. The molecule has 4 aromatic rings. The summed E-state index contributed by atoms with van der Waals surface area (Å²) in [7, 11) is 0. The molecule has 1 aliphatic rings. The van der Waals surface area contributed by atoms with E-state index in [1.54, 1.807) is 23.2 Å². The Morgan fingerprint density at radius 1 is 1.02 bits per heavy atom. The second-order valence-corrected chi connectivity index (χ2v) is 11.1. The maximum Gasteiger partial charge on any atom is 0.410 e. The predicted molar refractivity (Wildman–Crippen MR) is 153 cm³/mol. The van der Waals surface area contributed by atoms with Crippen LogP contribution in [0.3, 0.4) is 0 Å². The molecule has 0 radical (unpaired) electrons. The van der Waals surface area contributed by atoms with E-state index >= 15 is 0 Å². The van der Waals surface area contributed by atoms with Crippen LogP contribution in [0.2, 0.25) is 0 Å². The molecule has 8 nitrogen and oxygen atoms in total. The molecule has 1 N–H and O–H groups in total. The van der Waals surface area contributed by atoms with Crippen molar-refractivity contribution in [3.8, 4) is 17.2 Å². The van der Waals surface area contributed by atoms with Crippen molar-refractivity contribution >= 4 is 12.0 Å². The van der Waals surface area contributed by atoms with Crippen LogP contribution in [0, 0.1) is 5.82 Å². The van der Waals surface area contributed by atoms with E-state index in [1.165, 1.54) is 12.1 Å². The van der Waals surface area contributed by atoms with Crippen molar-refractivity contribution in [2.45, 2.75) is 58.1 Å². The van der Waals surface area contributed by atoms with Gasteiger partial charge in [-0.2, -0.15) is 4.98 Å². The van der Waals surface area contributed by atoms with Crippen molar-refractivity contribution < 1.29 is 13.9 Å². The fraction of sp³-hybridized carbons (Fsp3) is 0.355. The first-order chi connectivity index (χ1) is 19.2. The molecule has 3 heterocycles. The van der Waals surface area contributed by atoms with Gasteiger partial charge in [0.15, 0.2) is 0 Å². The standard InChI is InChI=1S/C31H35FN6O2/c1-21(22-8-6-5-7-9-22)34-29-33-17-14-27(36-29)38-20-26(35-28(38)24-10-12-25(32)13-11-24)23-15-18-37(19-16-23)30(39)40-31(2,3)4/h5-14,17,20-21,23H,15-16,18-19H2,1-4H3,(H,33,34,36)/t21-/m0/s1. The lowest BCUT2D eigenvalue weighted by atomic mass is 9.94. The van der Waals surface area contributed by atoms with E-state index < -0.39 is 5.60 Å². The Morgan fingerprint density at radius 3 is 2.40 bits per heavy atom. The predicted octanol–water partition coefficient (Wildman–Crippen LogP) is 6.76. The molecule has 1 aliphatic heterocycles. The number of nitrogens with zero attached hydrogens (tertiary/aromatic N) is 5. The number of likely N-dealkylation sites (tertiary alicyclic amines) is 1. The number of benzene rings is 2. The van der Waals surface area contributed by atoms with Crippen LogP contribution in [-0.2, 0) is 4.74 Å². The molecule has 0 spiro atoms. The van der Waals surface area contributed by atoms with Crippen molar-refractivity contribution in [1.29, 1.82) is 0 Å². The lowest BCUT2D eigenvalue weighted by molar-refractivity contribution is 0.0204. The van der Waals surface area contributed by atoms with Crippen molar-refractivity contribution in [3.63, 3.8) is 0 Å². The fourth-order valence-electron chi connectivity index (χ4n) is 4.83. The highest BCUT2D eigenvalue weighted by atomic mass is 19.1. The number of piperidine rings is 1. The van der Waals surface area contributed by atoms with Gasteiger partial charge in [0.25, 0.3) is 0 Å². The molecule has 2 aromatic carbocycles. The first-order valence-corrected chi connectivity index (χ1v) is 13.6. The summed E-state index contributed by atoms with van der Waals surface area (Å²) in [6.45, 7) is 8.87. The number of nitrogens with one attached hydrogen (secondary N) is 1. The summed E-state index contributed by atoms with van der Waals surface area (Å²) in [5.74, 6) is 1.68. The number of ether oxygens (including phenoxy) is 1. The molecule has 1 saturated heterocycles. The largest absolute Gasteiger partial charge is 0.444 e. The Balaban J connectivity index is 1.41. The normalized spacial score (nSPS) is 15.1.